The van der Waals surface area contributed by atoms with Gasteiger partial charge in [0.1, 0.15) is 10.6 Å². The molecule has 1 heterocycles. The van der Waals surface area contributed by atoms with Gasteiger partial charge in [0, 0.05) is 0 Å². The van der Waals surface area contributed by atoms with Crippen molar-refractivity contribution in [2.75, 3.05) is 11.8 Å². The molecule has 0 spiro atoms. The first-order chi connectivity index (χ1) is 8.94. The molecule has 102 valence electrons. The van der Waals surface area contributed by atoms with Crippen molar-refractivity contribution in [3.05, 3.63) is 35.7 Å². The third-order valence-electron chi connectivity index (χ3n) is 2.67. The van der Waals surface area contributed by atoms with Crippen LogP contribution >= 0.6 is 0 Å². The molecule has 0 saturated carbocycles. The third-order valence-corrected chi connectivity index (χ3v) is 4.15. The number of nitrogens with zero attached hydrogens (tertiary/aromatic N) is 1. The van der Waals surface area contributed by atoms with Crippen LogP contribution in [0.15, 0.2) is 29.3 Å². The average molecular weight is 281 g/mol. The van der Waals surface area contributed by atoms with Gasteiger partial charge in [0.2, 0.25) is 0 Å². The molecule has 0 atom stereocenters. The highest BCUT2D eigenvalue weighted by Crippen LogP contribution is 2.28. The molecule has 0 unspecified atom stereocenters. The van der Waals surface area contributed by atoms with E-state index in [4.69, 9.17) is 4.74 Å². The number of rotatable bonds is 4. The molecule has 0 radical (unpaired) electrons. The Hall–Kier alpha value is -2.02. The third kappa shape index (κ3) is 2.70. The van der Waals surface area contributed by atoms with Crippen LogP contribution in [0.3, 0.4) is 0 Å². The SMILES string of the molecule is COc1ccc(C)cc1NS(=O)(=O)c1cn[nH]c1C. The topological polar surface area (TPSA) is 84.1 Å². The maximum Gasteiger partial charge on any atom is 0.265 e. The predicted molar refractivity (Wildman–Crippen MR) is 71.9 cm³/mol. The molecule has 2 rings (SSSR count). The second kappa shape index (κ2) is 4.93. The fraction of sp³-hybridized carbons (Fsp3) is 0.250. The first-order valence-corrected chi connectivity index (χ1v) is 7.10. The van der Waals surface area contributed by atoms with Gasteiger partial charge in [-0.15, -0.1) is 0 Å². The summed E-state index contributed by atoms with van der Waals surface area (Å²) in [6.07, 6.45) is 1.28. The van der Waals surface area contributed by atoms with Crippen molar-refractivity contribution in [2.45, 2.75) is 18.7 Å². The molecule has 0 amide bonds. The summed E-state index contributed by atoms with van der Waals surface area (Å²) in [5, 5.41) is 6.31. The number of hydrogen-bond donors (Lipinski definition) is 2. The summed E-state index contributed by atoms with van der Waals surface area (Å²) in [7, 11) is -2.18. The Morgan fingerprint density at radius 2 is 2.05 bits per heavy atom. The summed E-state index contributed by atoms with van der Waals surface area (Å²) in [4.78, 5) is 0.121. The summed E-state index contributed by atoms with van der Waals surface area (Å²) in [6, 6.07) is 5.28. The van der Waals surface area contributed by atoms with Crippen molar-refractivity contribution in [3.63, 3.8) is 0 Å². The van der Waals surface area contributed by atoms with Crippen molar-refractivity contribution in [1.29, 1.82) is 0 Å². The van der Waals surface area contributed by atoms with Crippen LogP contribution in [-0.2, 0) is 10.0 Å². The Bertz CT molecular complexity index is 692. The van der Waals surface area contributed by atoms with E-state index in [-0.39, 0.29) is 4.90 Å². The molecular weight excluding hydrogens is 266 g/mol. The second-order valence-electron chi connectivity index (χ2n) is 4.17. The summed E-state index contributed by atoms with van der Waals surface area (Å²) in [5.74, 6) is 0.468. The predicted octanol–water partition coefficient (Wildman–Crippen LogP) is 1.84. The lowest BCUT2D eigenvalue weighted by Crippen LogP contribution is -2.14. The van der Waals surface area contributed by atoms with E-state index in [9.17, 15) is 8.42 Å². The number of anilines is 1. The van der Waals surface area contributed by atoms with E-state index in [1.807, 2.05) is 13.0 Å². The highest BCUT2D eigenvalue weighted by Gasteiger charge is 2.20. The number of H-pyrrole nitrogens is 1. The summed E-state index contributed by atoms with van der Waals surface area (Å²) >= 11 is 0. The number of methoxy groups -OCH3 is 1. The van der Waals surface area contributed by atoms with E-state index in [0.29, 0.717) is 17.1 Å². The number of aromatic nitrogens is 2. The zero-order valence-electron chi connectivity index (χ0n) is 10.9. The number of ether oxygens (including phenoxy) is 1. The molecule has 1 aromatic heterocycles. The monoisotopic (exact) mass is 281 g/mol. The Morgan fingerprint density at radius 1 is 1.32 bits per heavy atom. The minimum absolute atomic E-state index is 0.121. The molecule has 0 aliphatic heterocycles. The minimum Gasteiger partial charge on any atom is -0.495 e. The van der Waals surface area contributed by atoms with Gasteiger partial charge in [-0.1, -0.05) is 6.07 Å². The average Bonchev–Trinajstić information content (AvgIpc) is 2.76. The van der Waals surface area contributed by atoms with Crippen LogP contribution in [0.2, 0.25) is 0 Å². The number of benzene rings is 1. The minimum atomic E-state index is -3.67. The summed E-state index contributed by atoms with van der Waals surface area (Å²) in [5.41, 5.74) is 1.82. The zero-order valence-corrected chi connectivity index (χ0v) is 11.7. The Morgan fingerprint density at radius 3 is 2.63 bits per heavy atom. The lowest BCUT2D eigenvalue weighted by Gasteiger charge is -2.12. The Labute approximate surface area is 111 Å². The molecule has 0 bridgehead atoms. The standard InChI is InChI=1S/C12H15N3O3S/c1-8-4-5-11(18-3)10(6-8)15-19(16,17)12-7-13-14-9(12)2/h4-7,15H,1-3H3,(H,13,14). The molecule has 19 heavy (non-hydrogen) atoms. The van der Waals surface area contributed by atoms with E-state index in [1.54, 1.807) is 19.1 Å². The van der Waals surface area contributed by atoms with Gasteiger partial charge >= 0.3 is 0 Å². The molecule has 0 aliphatic carbocycles. The largest absolute Gasteiger partial charge is 0.495 e. The van der Waals surface area contributed by atoms with Gasteiger partial charge in [-0.05, 0) is 31.5 Å². The molecular formula is C12H15N3O3S. The highest BCUT2D eigenvalue weighted by molar-refractivity contribution is 7.92. The van der Waals surface area contributed by atoms with Crippen LogP contribution in [0.1, 0.15) is 11.3 Å². The number of sulfonamides is 1. The molecule has 6 nitrogen and oxygen atoms in total. The Balaban J connectivity index is 2.41. The fourth-order valence-corrected chi connectivity index (χ4v) is 2.91. The normalized spacial score (nSPS) is 11.3. The smallest absolute Gasteiger partial charge is 0.265 e. The molecule has 2 N–H and O–H groups in total. The van der Waals surface area contributed by atoms with Crippen LogP contribution in [0.4, 0.5) is 5.69 Å². The summed E-state index contributed by atoms with van der Waals surface area (Å²) < 4.78 is 32.1. The maximum atomic E-state index is 12.2. The van der Waals surface area contributed by atoms with Crippen LogP contribution in [-0.4, -0.2) is 25.7 Å². The summed E-state index contributed by atoms with van der Waals surface area (Å²) in [6.45, 7) is 3.52. The van der Waals surface area contributed by atoms with E-state index >= 15 is 0 Å². The molecule has 0 saturated heterocycles. The van der Waals surface area contributed by atoms with Crippen LogP contribution < -0.4 is 9.46 Å². The fourth-order valence-electron chi connectivity index (χ4n) is 1.71. The van der Waals surface area contributed by atoms with E-state index in [1.165, 1.54) is 13.3 Å². The van der Waals surface area contributed by atoms with Gasteiger partial charge in [0.25, 0.3) is 10.0 Å². The van der Waals surface area contributed by atoms with E-state index in [2.05, 4.69) is 14.9 Å². The number of nitrogens with one attached hydrogen (secondary N) is 2. The molecule has 1 aromatic carbocycles. The lowest BCUT2D eigenvalue weighted by atomic mass is 10.2. The highest BCUT2D eigenvalue weighted by atomic mass is 32.2. The van der Waals surface area contributed by atoms with Crippen LogP contribution in [0.25, 0.3) is 0 Å². The van der Waals surface area contributed by atoms with Gasteiger partial charge in [0.05, 0.1) is 24.7 Å². The van der Waals surface area contributed by atoms with Crippen LogP contribution in [0, 0.1) is 13.8 Å². The van der Waals surface area contributed by atoms with Crippen molar-refractivity contribution in [1.82, 2.24) is 10.2 Å². The van der Waals surface area contributed by atoms with Crippen LogP contribution in [0.5, 0.6) is 5.75 Å². The number of hydrogen-bond acceptors (Lipinski definition) is 4. The van der Waals surface area contributed by atoms with Crippen molar-refractivity contribution < 1.29 is 13.2 Å². The van der Waals surface area contributed by atoms with Gasteiger partial charge in [-0.25, -0.2) is 8.42 Å². The Kier molecular flexibility index (Phi) is 3.48. The van der Waals surface area contributed by atoms with Crippen molar-refractivity contribution in [3.8, 4) is 5.75 Å². The van der Waals surface area contributed by atoms with Gasteiger partial charge in [-0.2, -0.15) is 5.10 Å². The first kappa shape index (κ1) is 13.4. The first-order valence-electron chi connectivity index (χ1n) is 5.61. The van der Waals surface area contributed by atoms with Crippen molar-refractivity contribution in [2.24, 2.45) is 0 Å². The van der Waals surface area contributed by atoms with Gasteiger partial charge in [0.15, 0.2) is 0 Å². The van der Waals surface area contributed by atoms with Gasteiger partial charge in [-0.3, -0.25) is 9.82 Å². The maximum absolute atomic E-state index is 12.2. The molecule has 0 aliphatic rings. The lowest BCUT2D eigenvalue weighted by molar-refractivity contribution is 0.417. The quantitative estimate of drug-likeness (QED) is 0.895. The molecule has 0 fully saturated rings. The molecule has 7 heteroatoms. The van der Waals surface area contributed by atoms with Gasteiger partial charge < -0.3 is 4.74 Å². The van der Waals surface area contributed by atoms with Crippen molar-refractivity contribution >= 4 is 15.7 Å². The zero-order chi connectivity index (χ0) is 14.0. The number of aryl methyl sites for hydroxylation is 2. The van der Waals surface area contributed by atoms with E-state index < -0.39 is 10.0 Å². The molecule has 2 aromatic rings. The van der Waals surface area contributed by atoms with E-state index in [0.717, 1.165) is 5.56 Å². The second-order valence-corrected chi connectivity index (χ2v) is 5.82. The number of aromatic amines is 1.